The van der Waals surface area contributed by atoms with Crippen molar-refractivity contribution >= 4 is 46.5 Å². The molecule has 0 saturated carbocycles. The van der Waals surface area contributed by atoms with Crippen LogP contribution in [0.15, 0.2) is 67.0 Å². The second-order valence-corrected chi connectivity index (χ2v) is 14.0. The number of pyridine rings is 1. The minimum atomic E-state index is -1.10. The SMILES string of the molecule is COc1ccc([C@H](Cc2c(Cl)c[n+]([O-])cc2Cl)c2cc(CNC(C(=O)OC[C@@H]3CCCN(C)C3)c3ccccc3)sc2C(=O)O)cc1OC. The predicted molar refractivity (Wildman–Crippen MR) is 189 cm³/mol. The molecular formula is C36H39Cl2N3O7S. The number of nitrogens with one attached hydrogen (secondary N) is 1. The summed E-state index contributed by atoms with van der Waals surface area (Å²) in [5, 5.41) is 26.0. The lowest BCUT2D eigenvalue weighted by molar-refractivity contribution is -0.605. The van der Waals surface area contributed by atoms with Crippen molar-refractivity contribution in [1.29, 1.82) is 0 Å². The summed E-state index contributed by atoms with van der Waals surface area (Å²) in [5.41, 5.74) is 2.49. The molecule has 2 N–H and O–H groups in total. The van der Waals surface area contributed by atoms with E-state index in [1.54, 1.807) is 12.1 Å². The Kier molecular flexibility index (Phi) is 12.4. The van der Waals surface area contributed by atoms with Crippen molar-refractivity contribution < 1.29 is 33.6 Å². The maximum atomic E-state index is 13.5. The number of thiophene rings is 1. The van der Waals surface area contributed by atoms with Crippen LogP contribution in [0, 0.1) is 11.1 Å². The zero-order valence-electron chi connectivity index (χ0n) is 27.5. The molecule has 5 rings (SSSR count). The molecule has 2 aromatic carbocycles. The van der Waals surface area contributed by atoms with E-state index in [0.717, 1.165) is 48.4 Å². The first-order valence-electron chi connectivity index (χ1n) is 15.9. The largest absolute Gasteiger partial charge is 0.619 e. The maximum absolute atomic E-state index is 13.5. The highest BCUT2D eigenvalue weighted by Crippen LogP contribution is 2.41. The van der Waals surface area contributed by atoms with Crippen LogP contribution >= 0.6 is 34.5 Å². The van der Waals surface area contributed by atoms with Gasteiger partial charge in [0.2, 0.25) is 0 Å². The van der Waals surface area contributed by atoms with Crippen LogP contribution in [0.5, 0.6) is 11.5 Å². The molecule has 1 unspecified atom stereocenters. The van der Waals surface area contributed by atoms with E-state index in [1.165, 1.54) is 26.6 Å². The number of carbonyl (C=O) groups is 2. The molecule has 1 fully saturated rings. The molecule has 1 aliphatic heterocycles. The van der Waals surface area contributed by atoms with Crippen LogP contribution in [0.4, 0.5) is 0 Å². The summed E-state index contributed by atoms with van der Waals surface area (Å²) >= 11 is 14.1. The average Bonchev–Trinajstić information content (AvgIpc) is 3.51. The number of carbonyl (C=O) groups excluding carboxylic acids is 1. The molecule has 0 radical (unpaired) electrons. The van der Waals surface area contributed by atoms with Crippen molar-refractivity contribution in [2.75, 3.05) is 41.0 Å². The summed E-state index contributed by atoms with van der Waals surface area (Å²) in [6, 6.07) is 15.8. The second-order valence-electron chi connectivity index (χ2n) is 12.1. The van der Waals surface area contributed by atoms with Gasteiger partial charge in [0.05, 0.1) is 20.8 Å². The van der Waals surface area contributed by atoms with E-state index >= 15 is 0 Å². The van der Waals surface area contributed by atoms with Gasteiger partial charge in [-0.1, -0.05) is 59.6 Å². The van der Waals surface area contributed by atoms with Crippen molar-refractivity contribution in [3.8, 4) is 11.5 Å². The number of hydrogen-bond acceptors (Lipinski definition) is 9. The number of hydrogen-bond donors (Lipinski definition) is 2. The molecule has 0 spiro atoms. The highest BCUT2D eigenvalue weighted by Gasteiger charge is 2.29. The van der Waals surface area contributed by atoms with Gasteiger partial charge >= 0.3 is 11.9 Å². The third-order valence-corrected chi connectivity index (χ3v) is 10.5. The van der Waals surface area contributed by atoms with E-state index in [9.17, 15) is 19.9 Å². The molecular weight excluding hydrogens is 689 g/mol. The van der Waals surface area contributed by atoms with Gasteiger partial charge in [0.15, 0.2) is 23.9 Å². The third kappa shape index (κ3) is 9.03. The van der Waals surface area contributed by atoms with Crippen molar-refractivity contribution in [3.05, 3.63) is 114 Å². The zero-order valence-corrected chi connectivity index (χ0v) is 29.8. The Morgan fingerprint density at radius 3 is 2.43 bits per heavy atom. The number of aromatic carboxylic acids is 1. The van der Waals surface area contributed by atoms with Crippen LogP contribution in [-0.2, 0) is 22.5 Å². The van der Waals surface area contributed by atoms with E-state index in [-0.39, 0.29) is 39.8 Å². The minimum absolute atomic E-state index is 0.124. The number of carboxylic acid groups (broad SMARTS) is 1. The lowest BCUT2D eigenvalue weighted by Gasteiger charge is -2.29. The molecule has 13 heteroatoms. The van der Waals surface area contributed by atoms with Gasteiger partial charge in [-0.15, -0.1) is 11.3 Å². The van der Waals surface area contributed by atoms with E-state index in [4.69, 9.17) is 37.4 Å². The number of likely N-dealkylation sites (tertiary alicyclic amines) is 1. The molecule has 1 aliphatic rings. The number of halogens is 2. The van der Waals surface area contributed by atoms with Crippen LogP contribution in [0.25, 0.3) is 0 Å². The summed E-state index contributed by atoms with van der Waals surface area (Å²) in [6.45, 7) is 2.46. The summed E-state index contributed by atoms with van der Waals surface area (Å²) in [5.74, 6) is -0.799. The molecule has 2 aromatic heterocycles. The minimum Gasteiger partial charge on any atom is -0.619 e. The Morgan fingerprint density at radius 2 is 1.78 bits per heavy atom. The van der Waals surface area contributed by atoms with Gasteiger partial charge in [-0.3, -0.25) is 5.32 Å². The van der Waals surface area contributed by atoms with Crippen molar-refractivity contribution in [3.63, 3.8) is 0 Å². The van der Waals surface area contributed by atoms with Crippen LogP contribution in [0.2, 0.25) is 10.0 Å². The summed E-state index contributed by atoms with van der Waals surface area (Å²) in [7, 11) is 5.13. The van der Waals surface area contributed by atoms with Gasteiger partial charge < -0.3 is 29.4 Å². The summed E-state index contributed by atoms with van der Waals surface area (Å²) in [6.07, 6.45) is 4.69. The molecule has 1 saturated heterocycles. The number of aromatic nitrogens is 1. The van der Waals surface area contributed by atoms with E-state index in [2.05, 4.69) is 17.3 Å². The standard InChI is InChI=1S/C36H39Cl2N3O7S/c1-40-13-7-8-22(18-40)21-48-36(44)33(23-9-5-4-6-10-23)39-17-25-15-27(34(49-25)35(42)43)26(16-28-29(37)19-41(45)20-30(28)38)24-11-12-31(46-2)32(14-24)47-3/h4-6,9-12,14-15,19-20,22,26,33,39H,7-8,13,16-18,21H2,1-3H3,(H,42,43)/t22-,26+,33?/m1/s1. The fourth-order valence-electron chi connectivity index (χ4n) is 6.26. The third-order valence-electron chi connectivity index (χ3n) is 8.69. The molecule has 4 aromatic rings. The van der Waals surface area contributed by atoms with Gasteiger partial charge in [0, 0.05) is 35.4 Å². The fourth-order valence-corrected chi connectivity index (χ4v) is 7.86. The Labute approximate surface area is 299 Å². The number of piperidine rings is 1. The second kappa shape index (κ2) is 16.7. The topological polar surface area (TPSA) is 124 Å². The van der Waals surface area contributed by atoms with Crippen molar-refractivity contribution in [2.45, 2.75) is 37.8 Å². The first-order chi connectivity index (χ1) is 23.6. The van der Waals surface area contributed by atoms with E-state index in [1.807, 2.05) is 42.5 Å². The Hall–Kier alpha value is -3.87. The van der Waals surface area contributed by atoms with Crippen molar-refractivity contribution in [1.82, 2.24) is 10.2 Å². The van der Waals surface area contributed by atoms with Crippen molar-refractivity contribution in [2.24, 2.45) is 5.92 Å². The predicted octanol–water partition coefficient (Wildman–Crippen LogP) is 6.49. The zero-order chi connectivity index (χ0) is 35.1. The van der Waals surface area contributed by atoms with E-state index < -0.39 is 17.9 Å². The number of nitrogens with zero attached hydrogens (tertiary/aromatic N) is 2. The Bertz CT molecular complexity index is 1750. The first kappa shape index (κ1) is 36.4. The van der Waals surface area contributed by atoms with Gasteiger partial charge in [0.25, 0.3) is 0 Å². The van der Waals surface area contributed by atoms with Gasteiger partial charge in [-0.2, -0.15) is 4.73 Å². The monoisotopic (exact) mass is 727 g/mol. The molecule has 260 valence electrons. The van der Waals surface area contributed by atoms with Crippen LogP contribution in [0.3, 0.4) is 0 Å². The Morgan fingerprint density at radius 1 is 1.06 bits per heavy atom. The first-order valence-corrected chi connectivity index (χ1v) is 17.4. The molecule has 3 heterocycles. The number of methoxy groups -OCH3 is 2. The molecule has 0 amide bonds. The summed E-state index contributed by atoms with van der Waals surface area (Å²) < 4.78 is 17.4. The molecule has 0 bridgehead atoms. The van der Waals surface area contributed by atoms with Gasteiger partial charge in [-0.25, -0.2) is 9.59 Å². The highest BCUT2D eigenvalue weighted by atomic mass is 35.5. The van der Waals surface area contributed by atoms with Gasteiger partial charge in [0.1, 0.15) is 21.0 Å². The number of carboxylic acids is 1. The molecule has 49 heavy (non-hydrogen) atoms. The molecule has 10 nitrogen and oxygen atoms in total. The van der Waals surface area contributed by atoms with Gasteiger partial charge in [-0.05, 0) is 67.7 Å². The maximum Gasteiger partial charge on any atom is 0.346 e. The fraction of sp³-hybridized carbons (Fsp3) is 0.361. The normalized spacial score (nSPS) is 16.1. The lowest BCUT2D eigenvalue weighted by atomic mass is 9.85. The number of ether oxygens (including phenoxy) is 3. The van der Waals surface area contributed by atoms with Crippen LogP contribution in [-0.4, -0.2) is 62.9 Å². The number of rotatable bonds is 14. The number of esters is 1. The average molecular weight is 729 g/mol. The number of benzene rings is 2. The smallest absolute Gasteiger partial charge is 0.346 e. The Balaban J connectivity index is 1.47. The molecule has 3 atom stereocenters. The molecule has 0 aliphatic carbocycles. The van der Waals surface area contributed by atoms with E-state index in [0.29, 0.717) is 38.8 Å². The van der Waals surface area contributed by atoms with Crippen LogP contribution in [0.1, 0.15) is 61.6 Å². The summed E-state index contributed by atoms with van der Waals surface area (Å²) in [4.78, 5) is 29.3. The lowest BCUT2D eigenvalue weighted by Crippen LogP contribution is -2.36. The van der Waals surface area contributed by atoms with Crippen LogP contribution < -0.4 is 19.5 Å². The highest BCUT2D eigenvalue weighted by molar-refractivity contribution is 7.14. The quantitative estimate of drug-likeness (QED) is 0.0852.